The van der Waals surface area contributed by atoms with Gasteiger partial charge >= 0.3 is 0 Å². The van der Waals surface area contributed by atoms with Crippen LogP contribution in [0, 0.1) is 23.7 Å². The molecule has 70 valence electrons. The second-order valence-corrected chi connectivity index (χ2v) is 2.95. The van der Waals surface area contributed by atoms with E-state index in [0.29, 0.717) is 17.8 Å². The van der Waals surface area contributed by atoms with Gasteiger partial charge in [-0.3, -0.25) is 0 Å². The van der Waals surface area contributed by atoms with Crippen molar-refractivity contribution in [1.29, 1.82) is 5.26 Å². The van der Waals surface area contributed by atoms with Crippen molar-refractivity contribution in [2.45, 2.75) is 0 Å². The molecule has 0 atom stereocenters. The van der Waals surface area contributed by atoms with E-state index >= 15 is 0 Å². The fourth-order valence-corrected chi connectivity index (χ4v) is 1.17. The van der Waals surface area contributed by atoms with Crippen LogP contribution >= 0.6 is 0 Å². The van der Waals surface area contributed by atoms with Crippen LogP contribution < -0.4 is 10.6 Å². The van der Waals surface area contributed by atoms with Crippen molar-refractivity contribution in [1.82, 2.24) is 0 Å². The van der Waals surface area contributed by atoms with E-state index < -0.39 is 0 Å². The number of nitrogen functional groups attached to an aromatic ring is 1. The zero-order valence-electron chi connectivity index (χ0n) is 7.99. The molecule has 0 aliphatic rings. The Morgan fingerprint density at radius 3 is 2.86 bits per heavy atom. The molecule has 0 bridgehead atoms. The van der Waals surface area contributed by atoms with E-state index in [-0.39, 0.29) is 0 Å². The maximum absolute atomic E-state index is 8.71. The van der Waals surface area contributed by atoms with Crippen LogP contribution in [0.5, 0.6) is 0 Å². The van der Waals surface area contributed by atoms with E-state index in [1.165, 1.54) is 0 Å². The molecule has 0 heterocycles. The number of hydrogen-bond acceptors (Lipinski definition) is 3. The number of anilines is 2. The third-order valence-corrected chi connectivity index (χ3v) is 1.90. The van der Waals surface area contributed by atoms with Gasteiger partial charge in [0.25, 0.3) is 0 Å². The minimum absolute atomic E-state index is 0.471. The Kier molecular flexibility index (Phi) is 2.99. The van der Waals surface area contributed by atoms with Crippen molar-refractivity contribution < 1.29 is 0 Å². The van der Waals surface area contributed by atoms with Gasteiger partial charge < -0.3 is 10.6 Å². The fraction of sp³-hybridized carbons (Fsp3) is 0.182. The van der Waals surface area contributed by atoms with E-state index in [0.717, 1.165) is 5.69 Å². The molecule has 1 aromatic rings. The molecule has 3 nitrogen and oxygen atoms in total. The number of nitriles is 1. The van der Waals surface area contributed by atoms with Gasteiger partial charge in [-0.2, -0.15) is 5.26 Å². The molecule has 0 fully saturated rings. The van der Waals surface area contributed by atoms with E-state index in [9.17, 15) is 0 Å². The highest BCUT2D eigenvalue weighted by atomic mass is 15.1. The lowest BCUT2D eigenvalue weighted by molar-refractivity contribution is 1.05. The number of nitrogens with zero attached hydrogens (tertiary/aromatic N) is 2. The summed E-state index contributed by atoms with van der Waals surface area (Å²) in [5.41, 5.74) is 7.76. The Labute approximate surface area is 83.7 Å². The Morgan fingerprint density at radius 2 is 2.29 bits per heavy atom. The van der Waals surface area contributed by atoms with Gasteiger partial charge in [-0.25, -0.2) is 0 Å². The number of terminal acetylenes is 1. The lowest BCUT2D eigenvalue weighted by atomic mass is 10.2. The quantitative estimate of drug-likeness (QED) is 0.556. The van der Waals surface area contributed by atoms with E-state index in [2.05, 4.69) is 12.0 Å². The van der Waals surface area contributed by atoms with Crippen molar-refractivity contribution in [3.63, 3.8) is 0 Å². The summed E-state index contributed by atoms with van der Waals surface area (Å²) in [5, 5.41) is 8.71. The van der Waals surface area contributed by atoms with E-state index in [1.807, 2.05) is 11.9 Å². The Morgan fingerprint density at radius 1 is 1.57 bits per heavy atom. The molecular formula is C11H11N3. The molecule has 1 rings (SSSR count). The first-order valence-corrected chi connectivity index (χ1v) is 4.13. The number of hydrogen-bond donors (Lipinski definition) is 1. The monoisotopic (exact) mass is 185 g/mol. The number of nitrogens with two attached hydrogens (primary N) is 1. The first kappa shape index (κ1) is 9.95. The molecule has 0 amide bonds. The SMILES string of the molecule is C#CCN(C)c1cc(C#N)ccc1N. The van der Waals surface area contributed by atoms with Gasteiger partial charge in [0.15, 0.2) is 0 Å². The lowest BCUT2D eigenvalue weighted by Gasteiger charge is -2.18. The molecule has 3 heteroatoms. The molecular weight excluding hydrogens is 174 g/mol. The molecule has 0 aromatic heterocycles. The third kappa shape index (κ3) is 1.97. The molecule has 0 aliphatic carbocycles. The van der Waals surface area contributed by atoms with Crippen molar-refractivity contribution >= 4 is 11.4 Å². The minimum Gasteiger partial charge on any atom is -0.397 e. The van der Waals surface area contributed by atoms with Crippen LogP contribution in [-0.2, 0) is 0 Å². The summed E-state index contributed by atoms with van der Waals surface area (Å²) in [6, 6.07) is 7.18. The van der Waals surface area contributed by atoms with Crippen molar-refractivity contribution in [2.75, 3.05) is 24.2 Å². The molecule has 1 aromatic carbocycles. The Bertz CT molecular complexity index is 410. The predicted molar refractivity (Wildman–Crippen MR) is 57.7 cm³/mol. The first-order chi connectivity index (χ1) is 6.69. The largest absolute Gasteiger partial charge is 0.397 e. The number of benzene rings is 1. The summed E-state index contributed by atoms with van der Waals surface area (Å²) in [7, 11) is 1.84. The molecule has 0 saturated heterocycles. The Hall–Kier alpha value is -2.13. The fourth-order valence-electron chi connectivity index (χ4n) is 1.17. The minimum atomic E-state index is 0.471. The van der Waals surface area contributed by atoms with Gasteiger partial charge in [0.1, 0.15) is 0 Å². The van der Waals surface area contributed by atoms with Crippen LogP contribution in [-0.4, -0.2) is 13.6 Å². The average molecular weight is 185 g/mol. The van der Waals surface area contributed by atoms with Gasteiger partial charge in [-0.05, 0) is 18.2 Å². The normalized spacial score (nSPS) is 8.79. The topological polar surface area (TPSA) is 53.0 Å². The first-order valence-electron chi connectivity index (χ1n) is 4.13. The molecule has 0 unspecified atom stereocenters. The zero-order chi connectivity index (χ0) is 10.6. The average Bonchev–Trinajstić information content (AvgIpc) is 2.19. The van der Waals surface area contributed by atoms with Gasteiger partial charge in [-0.1, -0.05) is 5.92 Å². The summed E-state index contributed by atoms with van der Waals surface area (Å²) in [4.78, 5) is 1.83. The van der Waals surface area contributed by atoms with Crippen LogP contribution in [0.3, 0.4) is 0 Å². The van der Waals surface area contributed by atoms with Crippen LogP contribution in [0.4, 0.5) is 11.4 Å². The Balaban J connectivity index is 3.08. The predicted octanol–water partition coefficient (Wildman–Crippen LogP) is 1.21. The third-order valence-electron chi connectivity index (χ3n) is 1.90. The summed E-state index contributed by atoms with van der Waals surface area (Å²) >= 11 is 0. The summed E-state index contributed by atoms with van der Waals surface area (Å²) in [5.74, 6) is 2.52. The van der Waals surface area contributed by atoms with Gasteiger partial charge in [0, 0.05) is 7.05 Å². The maximum atomic E-state index is 8.71. The van der Waals surface area contributed by atoms with E-state index in [4.69, 9.17) is 17.4 Å². The van der Waals surface area contributed by atoms with Crippen LogP contribution in [0.15, 0.2) is 18.2 Å². The maximum Gasteiger partial charge on any atom is 0.0992 e. The molecule has 0 radical (unpaired) electrons. The van der Waals surface area contributed by atoms with Crippen molar-refractivity contribution in [2.24, 2.45) is 0 Å². The summed E-state index contributed by atoms with van der Waals surface area (Å²) in [6.45, 7) is 0.471. The summed E-state index contributed by atoms with van der Waals surface area (Å²) in [6.07, 6.45) is 5.19. The smallest absolute Gasteiger partial charge is 0.0992 e. The highest BCUT2D eigenvalue weighted by Crippen LogP contribution is 2.22. The van der Waals surface area contributed by atoms with Crippen molar-refractivity contribution in [3.05, 3.63) is 23.8 Å². The molecule has 0 spiro atoms. The van der Waals surface area contributed by atoms with Crippen LogP contribution in [0.1, 0.15) is 5.56 Å². The van der Waals surface area contributed by atoms with Gasteiger partial charge in [0.2, 0.25) is 0 Å². The second-order valence-electron chi connectivity index (χ2n) is 2.95. The van der Waals surface area contributed by atoms with Crippen LogP contribution in [0.25, 0.3) is 0 Å². The van der Waals surface area contributed by atoms with Gasteiger partial charge in [0.05, 0.1) is 29.6 Å². The molecule has 0 aliphatic heterocycles. The number of rotatable bonds is 2. The highest BCUT2D eigenvalue weighted by Gasteiger charge is 2.04. The molecule has 14 heavy (non-hydrogen) atoms. The molecule has 2 N–H and O–H groups in total. The zero-order valence-corrected chi connectivity index (χ0v) is 7.99. The lowest BCUT2D eigenvalue weighted by Crippen LogP contribution is -2.18. The second kappa shape index (κ2) is 4.20. The molecule has 0 saturated carbocycles. The highest BCUT2D eigenvalue weighted by molar-refractivity contribution is 5.69. The van der Waals surface area contributed by atoms with Crippen molar-refractivity contribution in [3.8, 4) is 18.4 Å². The standard InChI is InChI=1S/C11H11N3/c1-3-6-14(2)11-7-9(8-12)4-5-10(11)13/h1,4-5,7H,6,13H2,2H3. The van der Waals surface area contributed by atoms with Gasteiger partial charge in [-0.15, -0.1) is 6.42 Å². The summed E-state index contributed by atoms with van der Waals surface area (Å²) < 4.78 is 0. The van der Waals surface area contributed by atoms with E-state index in [1.54, 1.807) is 18.2 Å². The van der Waals surface area contributed by atoms with Crippen LogP contribution in [0.2, 0.25) is 0 Å².